The van der Waals surface area contributed by atoms with Crippen LogP contribution in [0, 0.1) is 0 Å². The number of ether oxygens (including phenoxy) is 1. The largest absolute Gasteiger partial charge is 0.483 e. The van der Waals surface area contributed by atoms with Crippen LogP contribution < -0.4 is 19.9 Å². The number of carbonyl (C=O) groups is 4. The van der Waals surface area contributed by atoms with E-state index in [4.69, 9.17) is 25.7 Å². The van der Waals surface area contributed by atoms with Crippen molar-refractivity contribution in [1.29, 1.82) is 0 Å². The van der Waals surface area contributed by atoms with Crippen molar-refractivity contribution in [3.63, 3.8) is 0 Å². The molecule has 6 aromatic rings. The van der Waals surface area contributed by atoms with Gasteiger partial charge in [-0.15, -0.1) is 17.9 Å². The number of oxazole rings is 1. The molecular formula is C50H48ClN5O7S2. The summed E-state index contributed by atoms with van der Waals surface area (Å²) in [5.74, 6) is -0.0843. The van der Waals surface area contributed by atoms with Crippen LogP contribution in [0.5, 0.6) is 5.75 Å². The molecule has 1 amide bonds. The topological polar surface area (TPSA) is 146 Å². The number of anilines is 3. The fraction of sp³-hybridized carbons (Fsp3) is 0.340. The number of fused-ring (bicyclic) bond motifs is 1. The van der Waals surface area contributed by atoms with Gasteiger partial charge in [0, 0.05) is 53.6 Å². The number of aromatic nitrogens is 1. The lowest BCUT2D eigenvalue weighted by Gasteiger charge is -2.40. The molecule has 2 aromatic heterocycles. The summed E-state index contributed by atoms with van der Waals surface area (Å²) in [6, 6.07) is 24.7. The molecule has 65 heavy (non-hydrogen) atoms. The zero-order valence-electron chi connectivity index (χ0n) is 35.7. The number of hydrogen-bond acceptors (Lipinski definition) is 12. The predicted octanol–water partition coefficient (Wildman–Crippen LogP) is 10.8. The Balaban J connectivity index is 0.753. The molecular weight excluding hydrogens is 882 g/mol. The van der Waals surface area contributed by atoms with Gasteiger partial charge < -0.3 is 29.3 Å². The average molecular weight is 931 g/mol. The molecule has 12 nitrogen and oxygen atoms in total. The van der Waals surface area contributed by atoms with Gasteiger partial charge in [-0.3, -0.25) is 14.5 Å². The molecule has 1 aliphatic carbocycles. The van der Waals surface area contributed by atoms with Crippen LogP contribution in [0.3, 0.4) is 0 Å². The van der Waals surface area contributed by atoms with E-state index in [1.54, 1.807) is 11.0 Å². The standard InChI is InChI=1S/C50H48ClN5O7S2/c1-2-3-8-35(28-58)56-40-13-12-36(37-9-5-10-38(42(37)40)47(56)59)31-15-20-54(21-16-31)49-53-39-25-30(11-14-41(39)63-49)29-64-55-22-17-34(27-50(55)18-19-50)52-33-7-4-6-32(26-33)45-43(51)44(62-24-23-57)46(65-45)48(60)61/h2,4-7,9-14,23,25-26,28,31,34-35,52H,1,3,8,15-22,24,27,29H2,(H,60,61). The highest BCUT2D eigenvalue weighted by Crippen LogP contribution is 2.53. The molecule has 15 heteroatoms. The molecule has 0 radical (unpaired) electrons. The minimum absolute atomic E-state index is 0.0234. The Hall–Kier alpha value is -5.67. The van der Waals surface area contributed by atoms with E-state index in [1.165, 1.54) is 11.1 Å². The third-order valence-corrected chi connectivity index (χ3v) is 16.4. The van der Waals surface area contributed by atoms with E-state index < -0.39 is 12.0 Å². The summed E-state index contributed by atoms with van der Waals surface area (Å²) in [5.41, 5.74) is 7.46. The van der Waals surface area contributed by atoms with Gasteiger partial charge in [-0.1, -0.05) is 66.0 Å². The number of piperidine rings is 2. The van der Waals surface area contributed by atoms with E-state index in [2.05, 4.69) is 45.4 Å². The van der Waals surface area contributed by atoms with E-state index in [-0.39, 0.29) is 39.7 Å². The highest BCUT2D eigenvalue weighted by molar-refractivity contribution is 7.96. The van der Waals surface area contributed by atoms with E-state index in [0.29, 0.717) is 41.5 Å². The van der Waals surface area contributed by atoms with Crippen LogP contribution in [-0.4, -0.2) is 82.7 Å². The molecule has 4 aliphatic rings. The average Bonchev–Trinajstić information content (AvgIpc) is 3.66. The summed E-state index contributed by atoms with van der Waals surface area (Å²) < 4.78 is 14.3. The molecule has 1 saturated carbocycles. The van der Waals surface area contributed by atoms with Crippen molar-refractivity contribution in [2.24, 2.45) is 0 Å². The van der Waals surface area contributed by atoms with Crippen molar-refractivity contribution in [3.8, 4) is 16.2 Å². The first-order valence-corrected chi connectivity index (χ1v) is 24.3. The van der Waals surface area contributed by atoms with Gasteiger partial charge in [0.05, 0.1) is 16.6 Å². The summed E-state index contributed by atoms with van der Waals surface area (Å²) in [7, 11) is 0. The zero-order valence-corrected chi connectivity index (χ0v) is 38.1. The van der Waals surface area contributed by atoms with Gasteiger partial charge in [-0.25, -0.2) is 9.10 Å². The van der Waals surface area contributed by atoms with Crippen LogP contribution in [-0.2, 0) is 15.3 Å². The summed E-state index contributed by atoms with van der Waals surface area (Å²) >= 11 is 9.54. The molecule has 0 bridgehead atoms. The monoisotopic (exact) mass is 929 g/mol. The van der Waals surface area contributed by atoms with E-state index in [1.807, 2.05) is 60.5 Å². The van der Waals surface area contributed by atoms with E-state index in [0.717, 1.165) is 120 Å². The number of hydrogen-bond donors (Lipinski definition) is 2. The lowest BCUT2D eigenvalue weighted by Crippen LogP contribution is -2.44. The van der Waals surface area contributed by atoms with Crippen LogP contribution >= 0.6 is 34.9 Å². The zero-order chi connectivity index (χ0) is 44.8. The number of carboxylic acids is 1. The van der Waals surface area contributed by atoms with Crippen LogP contribution in [0.15, 0.2) is 89.9 Å². The Morgan fingerprint density at radius 3 is 2.68 bits per heavy atom. The maximum absolute atomic E-state index is 13.6. The molecule has 1 spiro atoms. The van der Waals surface area contributed by atoms with Crippen LogP contribution in [0.2, 0.25) is 5.02 Å². The number of rotatable bonds is 17. The maximum atomic E-state index is 13.6. The number of aromatic carboxylic acids is 1. The van der Waals surface area contributed by atoms with Gasteiger partial charge in [0.25, 0.3) is 11.9 Å². The summed E-state index contributed by atoms with van der Waals surface area (Å²) in [6.07, 6.45) is 10.6. The van der Waals surface area contributed by atoms with Crippen molar-refractivity contribution in [3.05, 3.63) is 112 Å². The number of amides is 1. The minimum Gasteiger partial charge on any atom is -0.483 e. The lowest BCUT2D eigenvalue weighted by atomic mass is 9.85. The van der Waals surface area contributed by atoms with E-state index in [9.17, 15) is 24.3 Å². The summed E-state index contributed by atoms with van der Waals surface area (Å²) in [6.45, 7) is 6.08. The fourth-order valence-corrected chi connectivity index (χ4v) is 12.7. The van der Waals surface area contributed by atoms with Gasteiger partial charge in [-0.05, 0) is 116 Å². The minimum atomic E-state index is -1.15. The first-order valence-electron chi connectivity index (χ1n) is 22.2. The van der Waals surface area contributed by atoms with E-state index >= 15 is 0 Å². The molecule has 3 fully saturated rings. The third kappa shape index (κ3) is 8.19. The Kier molecular flexibility index (Phi) is 11.9. The Morgan fingerprint density at radius 2 is 1.91 bits per heavy atom. The van der Waals surface area contributed by atoms with Crippen LogP contribution in [0.25, 0.3) is 32.3 Å². The molecule has 2 unspecified atom stereocenters. The maximum Gasteiger partial charge on any atom is 0.349 e. The predicted molar refractivity (Wildman–Crippen MR) is 258 cm³/mol. The molecule has 10 rings (SSSR count). The first-order chi connectivity index (χ1) is 31.7. The third-order valence-electron chi connectivity index (χ3n) is 13.4. The second-order valence-electron chi connectivity index (χ2n) is 17.4. The summed E-state index contributed by atoms with van der Waals surface area (Å²) in [4.78, 5) is 58.0. The first kappa shape index (κ1) is 43.2. The van der Waals surface area contributed by atoms with Crippen molar-refractivity contribution in [1.82, 2.24) is 9.29 Å². The molecule has 4 aromatic carbocycles. The Bertz CT molecular complexity index is 2850. The van der Waals surface area contributed by atoms with Gasteiger partial charge >= 0.3 is 5.97 Å². The molecule has 334 valence electrons. The smallest absolute Gasteiger partial charge is 0.349 e. The number of halogens is 1. The molecule has 3 aliphatic heterocycles. The summed E-state index contributed by atoms with van der Waals surface area (Å²) in [5, 5.41) is 15.7. The number of benzene rings is 4. The van der Waals surface area contributed by atoms with Crippen molar-refractivity contribution < 1.29 is 33.4 Å². The van der Waals surface area contributed by atoms with Gasteiger partial charge in [0.1, 0.15) is 23.4 Å². The quantitative estimate of drug-likeness (QED) is 0.0510. The fourth-order valence-electron chi connectivity index (χ4n) is 10.0. The second kappa shape index (κ2) is 18.0. The number of aldehydes is 2. The van der Waals surface area contributed by atoms with Crippen molar-refractivity contribution >= 4 is 98.6 Å². The van der Waals surface area contributed by atoms with Crippen molar-refractivity contribution in [2.45, 2.75) is 80.7 Å². The highest BCUT2D eigenvalue weighted by Gasteiger charge is 2.52. The number of nitrogens with one attached hydrogen (secondary N) is 1. The molecule has 2 atom stereocenters. The highest BCUT2D eigenvalue weighted by atomic mass is 35.5. The molecule has 5 heterocycles. The van der Waals surface area contributed by atoms with Crippen LogP contribution in [0.1, 0.15) is 88.4 Å². The van der Waals surface area contributed by atoms with Gasteiger partial charge in [0.15, 0.2) is 22.5 Å². The van der Waals surface area contributed by atoms with Gasteiger partial charge in [0.2, 0.25) is 0 Å². The van der Waals surface area contributed by atoms with Gasteiger partial charge in [-0.2, -0.15) is 4.98 Å². The number of thiophene rings is 1. The second-order valence-corrected chi connectivity index (χ2v) is 19.8. The Morgan fingerprint density at radius 1 is 1.08 bits per heavy atom. The number of allylic oxidation sites excluding steroid dienone is 1. The Labute approximate surface area is 389 Å². The number of carboxylic acid groups (broad SMARTS) is 1. The number of nitrogens with zero attached hydrogens (tertiary/aromatic N) is 4. The van der Waals surface area contributed by atoms with Crippen molar-refractivity contribution in [2.75, 3.05) is 41.4 Å². The van der Waals surface area contributed by atoms with Crippen LogP contribution in [0.4, 0.5) is 17.4 Å². The molecule has 2 N–H and O–H groups in total. The lowest BCUT2D eigenvalue weighted by molar-refractivity contribution is -0.110. The molecule has 2 saturated heterocycles. The SMILES string of the molecule is C=CCCC(C=O)N1C(=O)c2cccc3c(C4CCN(c5nc6cc(CSN7CCC(Nc8cccc(-c9sc(C(=O)O)c(OCC=O)c9Cl)c8)CC78CC8)ccc6o5)CC4)ccc1c23. The number of carbonyl (C=O) groups excluding carboxylic acids is 3. The normalized spacial score (nSPS) is 18.7.